The molecule has 1 amide bonds. The smallest absolute Gasteiger partial charge is 0.237 e. The normalized spacial score (nSPS) is 22.0. The molecule has 1 aliphatic carbocycles. The summed E-state index contributed by atoms with van der Waals surface area (Å²) in [4.78, 5) is 11.8. The third kappa shape index (κ3) is 3.70. The molecule has 0 bridgehead atoms. The zero-order valence-corrected chi connectivity index (χ0v) is 12.2. The van der Waals surface area contributed by atoms with Crippen LogP contribution in [0, 0.1) is 5.92 Å². The van der Waals surface area contributed by atoms with Crippen LogP contribution < -0.4 is 4.72 Å². The van der Waals surface area contributed by atoms with Crippen molar-refractivity contribution in [2.24, 2.45) is 5.92 Å². The summed E-state index contributed by atoms with van der Waals surface area (Å²) in [6, 6.07) is 7.30. The Hall–Kier alpha value is -1.07. The van der Waals surface area contributed by atoms with Gasteiger partial charge in [-0.05, 0) is 36.5 Å². The predicted octanol–water partition coefficient (Wildman–Crippen LogP) is 2.30. The highest BCUT2D eigenvalue weighted by atomic mass is 35.5. The third-order valence-electron chi connectivity index (χ3n) is 3.15. The van der Waals surface area contributed by atoms with Crippen LogP contribution in [-0.4, -0.2) is 20.1 Å². The number of benzene rings is 1. The van der Waals surface area contributed by atoms with Crippen LogP contribution >= 0.6 is 11.6 Å². The highest BCUT2D eigenvalue weighted by molar-refractivity contribution is 7.90. The number of halogens is 1. The van der Waals surface area contributed by atoms with Crippen molar-refractivity contribution in [3.8, 4) is 0 Å². The standard InChI is InChI=1S/C13H16ClNO3S/c1-2-7-19(17,18)15-13(16)12-8-11(12)9-3-5-10(14)6-4-9/h3-6,11-12H,2,7-8H2,1H3,(H,15,16)/t11-,12+/m1/s1. The summed E-state index contributed by atoms with van der Waals surface area (Å²) in [5, 5.41) is 0.649. The van der Waals surface area contributed by atoms with Crippen LogP contribution in [0.4, 0.5) is 0 Å². The minimum absolute atomic E-state index is 0.0168. The first kappa shape index (κ1) is 14.3. The zero-order chi connectivity index (χ0) is 14.0. The summed E-state index contributed by atoms with van der Waals surface area (Å²) in [5.74, 6) is -0.549. The van der Waals surface area contributed by atoms with Gasteiger partial charge in [-0.2, -0.15) is 0 Å². The predicted molar refractivity (Wildman–Crippen MR) is 74.5 cm³/mol. The summed E-state index contributed by atoms with van der Waals surface area (Å²) >= 11 is 5.80. The molecule has 0 spiro atoms. The number of carbonyl (C=O) groups is 1. The van der Waals surface area contributed by atoms with Crippen molar-refractivity contribution in [1.29, 1.82) is 0 Å². The Morgan fingerprint density at radius 2 is 2.00 bits per heavy atom. The van der Waals surface area contributed by atoms with Gasteiger partial charge in [0.05, 0.1) is 5.75 Å². The van der Waals surface area contributed by atoms with Crippen LogP contribution in [0.1, 0.15) is 31.2 Å². The van der Waals surface area contributed by atoms with E-state index < -0.39 is 15.9 Å². The number of hydrogen-bond acceptors (Lipinski definition) is 3. The molecule has 0 radical (unpaired) electrons. The average molecular weight is 302 g/mol. The van der Waals surface area contributed by atoms with Gasteiger partial charge in [-0.25, -0.2) is 8.42 Å². The number of hydrogen-bond donors (Lipinski definition) is 1. The van der Waals surface area contributed by atoms with Crippen LogP contribution in [0.25, 0.3) is 0 Å². The van der Waals surface area contributed by atoms with Gasteiger partial charge in [0.2, 0.25) is 15.9 Å². The van der Waals surface area contributed by atoms with Gasteiger partial charge in [0.1, 0.15) is 0 Å². The largest absolute Gasteiger partial charge is 0.274 e. The minimum atomic E-state index is -3.47. The first-order chi connectivity index (χ1) is 8.93. The lowest BCUT2D eigenvalue weighted by atomic mass is 10.1. The van der Waals surface area contributed by atoms with E-state index in [4.69, 9.17) is 11.6 Å². The van der Waals surface area contributed by atoms with E-state index in [1.807, 2.05) is 12.1 Å². The van der Waals surface area contributed by atoms with E-state index in [0.29, 0.717) is 17.9 Å². The Kier molecular flexibility index (Phi) is 4.16. The number of rotatable bonds is 5. The molecule has 0 unspecified atom stereocenters. The number of sulfonamides is 1. The van der Waals surface area contributed by atoms with Crippen LogP contribution in [-0.2, 0) is 14.8 Å². The second-order valence-corrected chi connectivity index (χ2v) is 7.06. The highest BCUT2D eigenvalue weighted by Gasteiger charge is 2.44. The first-order valence-corrected chi connectivity index (χ1v) is 8.26. The molecule has 4 nitrogen and oxygen atoms in total. The first-order valence-electron chi connectivity index (χ1n) is 6.22. The van der Waals surface area contributed by atoms with E-state index >= 15 is 0 Å². The highest BCUT2D eigenvalue weighted by Crippen LogP contribution is 2.47. The molecule has 1 aliphatic rings. The van der Waals surface area contributed by atoms with Crippen molar-refractivity contribution >= 4 is 27.5 Å². The molecule has 1 aromatic carbocycles. The van der Waals surface area contributed by atoms with Gasteiger partial charge < -0.3 is 0 Å². The fraction of sp³-hybridized carbons (Fsp3) is 0.462. The molecule has 0 heterocycles. The number of amides is 1. The van der Waals surface area contributed by atoms with Crippen molar-refractivity contribution in [3.05, 3.63) is 34.9 Å². The molecule has 2 rings (SSSR count). The SMILES string of the molecule is CCCS(=O)(=O)NC(=O)[C@H]1C[C@@H]1c1ccc(Cl)cc1. The molecular formula is C13H16ClNO3S. The topological polar surface area (TPSA) is 63.2 Å². The van der Waals surface area contributed by atoms with Crippen molar-refractivity contribution in [3.63, 3.8) is 0 Å². The molecule has 104 valence electrons. The van der Waals surface area contributed by atoms with Crippen LogP contribution in [0.2, 0.25) is 5.02 Å². The minimum Gasteiger partial charge on any atom is -0.274 e. The maximum atomic E-state index is 11.8. The van der Waals surface area contributed by atoms with Gasteiger partial charge in [-0.3, -0.25) is 9.52 Å². The maximum absolute atomic E-state index is 11.8. The molecule has 1 aromatic rings. The van der Waals surface area contributed by atoms with Gasteiger partial charge in [0, 0.05) is 10.9 Å². The van der Waals surface area contributed by atoms with E-state index in [2.05, 4.69) is 4.72 Å². The molecule has 1 N–H and O–H groups in total. The van der Waals surface area contributed by atoms with E-state index in [1.165, 1.54) is 0 Å². The summed E-state index contributed by atoms with van der Waals surface area (Å²) in [6.07, 6.45) is 1.18. The lowest BCUT2D eigenvalue weighted by Gasteiger charge is -2.05. The second kappa shape index (κ2) is 5.51. The van der Waals surface area contributed by atoms with E-state index in [0.717, 1.165) is 5.56 Å². The van der Waals surface area contributed by atoms with Gasteiger partial charge in [-0.1, -0.05) is 30.7 Å². The summed E-state index contributed by atoms with van der Waals surface area (Å²) < 4.78 is 25.2. The summed E-state index contributed by atoms with van der Waals surface area (Å²) in [7, 11) is -3.47. The van der Waals surface area contributed by atoms with Crippen molar-refractivity contribution in [2.45, 2.75) is 25.7 Å². The fourth-order valence-electron chi connectivity index (χ4n) is 2.11. The Morgan fingerprint density at radius 1 is 1.37 bits per heavy atom. The molecule has 0 aliphatic heterocycles. The van der Waals surface area contributed by atoms with Crippen molar-refractivity contribution in [2.75, 3.05) is 5.75 Å². The number of carbonyl (C=O) groups excluding carboxylic acids is 1. The Morgan fingerprint density at radius 3 is 2.58 bits per heavy atom. The lowest BCUT2D eigenvalue weighted by Crippen LogP contribution is -2.33. The fourth-order valence-corrected chi connectivity index (χ4v) is 3.34. The van der Waals surface area contributed by atoms with E-state index in [-0.39, 0.29) is 17.6 Å². The number of nitrogens with one attached hydrogen (secondary N) is 1. The van der Waals surface area contributed by atoms with E-state index in [9.17, 15) is 13.2 Å². The van der Waals surface area contributed by atoms with Gasteiger partial charge in [0.25, 0.3) is 0 Å². The molecule has 1 fully saturated rings. The Labute approximate surface area is 118 Å². The molecule has 6 heteroatoms. The molecular weight excluding hydrogens is 286 g/mol. The van der Waals surface area contributed by atoms with Crippen LogP contribution in [0.5, 0.6) is 0 Å². The third-order valence-corrected chi connectivity index (χ3v) is 4.86. The average Bonchev–Trinajstić information content (AvgIpc) is 3.09. The monoisotopic (exact) mass is 301 g/mol. The van der Waals surface area contributed by atoms with E-state index in [1.54, 1.807) is 19.1 Å². The van der Waals surface area contributed by atoms with Crippen molar-refractivity contribution < 1.29 is 13.2 Å². The molecule has 2 atom stereocenters. The molecule has 19 heavy (non-hydrogen) atoms. The zero-order valence-electron chi connectivity index (χ0n) is 10.6. The lowest BCUT2D eigenvalue weighted by molar-refractivity contribution is -0.120. The Bertz CT molecular complexity index is 568. The van der Waals surface area contributed by atoms with Crippen LogP contribution in [0.15, 0.2) is 24.3 Å². The molecule has 0 saturated heterocycles. The van der Waals surface area contributed by atoms with Crippen molar-refractivity contribution in [1.82, 2.24) is 4.72 Å². The maximum Gasteiger partial charge on any atom is 0.237 e. The van der Waals surface area contributed by atoms with Gasteiger partial charge >= 0.3 is 0 Å². The molecule has 1 saturated carbocycles. The van der Waals surface area contributed by atoms with Gasteiger partial charge in [0.15, 0.2) is 0 Å². The second-order valence-electron chi connectivity index (χ2n) is 4.79. The van der Waals surface area contributed by atoms with Gasteiger partial charge in [-0.15, -0.1) is 0 Å². The summed E-state index contributed by atoms with van der Waals surface area (Å²) in [6.45, 7) is 1.76. The summed E-state index contributed by atoms with van der Waals surface area (Å²) in [5.41, 5.74) is 1.03. The molecule has 0 aromatic heterocycles. The Balaban J connectivity index is 1.96. The van der Waals surface area contributed by atoms with Crippen LogP contribution in [0.3, 0.4) is 0 Å². The quantitative estimate of drug-likeness (QED) is 0.907.